The van der Waals surface area contributed by atoms with E-state index in [1.165, 1.54) is 0 Å². The molecule has 0 unspecified atom stereocenters. The maximum Gasteiger partial charge on any atom is 0.263 e. The largest absolute Gasteiger partial charge is 0.345 e. The normalized spacial score (nSPS) is 14.2. The molecule has 3 heterocycles. The number of imidazole rings is 1. The average molecular weight is 402 g/mol. The van der Waals surface area contributed by atoms with Crippen molar-refractivity contribution in [2.24, 2.45) is 7.05 Å². The Kier molecular flexibility index (Phi) is 8.33. The molecule has 1 amide bonds. The molecule has 0 spiro atoms. The van der Waals surface area contributed by atoms with Crippen LogP contribution in [0.3, 0.4) is 0 Å². The zero-order chi connectivity index (χ0) is 17.1. The molecule has 144 valence electrons. The number of nitrogens with one attached hydrogen (secondary N) is 2. The first-order valence-corrected chi connectivity index (χ1v) is 8.25. The number of amides is 1. The van der Waals surface area contributed by atoms with Crippen LogP contribution in [0.15, 0.2) is 29.5 Å². The van der Waals surface area contributed by atoms with E-state index in [0.29, 0.717) is 12.1 Å². The molecular weight excluding hydrogens is 377 g/mol. The molecule has 0 radical (unpaired) electrons. The van der Waals surface area contributed by atoms with Gasteiger partial charge in [0, 0.05) is 31.7 Å². The molecule has 0 aromatic carbocycles. The fraction of sp³-hybridized carbons (Fsp3) is 0.471. The summed E-state index contributed by atoms with van der Waals surface area (Å²) < 4.78 is 3.55. The van der Waals surface area contributed by atoms with Gasteiger partial charge in [-0.3, -0.25) is 9.59 Å². The molecule has 0 atom stereocenters. The van der Waals surface area contributed by atoms with Crippen LogP contribution in [0, 0.1) is 6.92 Å². The third-order valence-corrected chi connectivity index (χ3v) is 4.59. The van der Waals surface area contributed by atoms with Crippen LogP contribution >= 0.6 is 24.8 Å². The highest BCUT2D eigenvalue weighted by atomic mass is 35.5. The van der Waals surface area contributed by atoms with Crippen LogP contribution in [0.1, 0.15) is 40.6 Å². The Balaban J connectivity index is 0.00000169. The Morgan fingerprint density at radius 3 is 2.62 bits per heavy atom. The van der Waals surface area contributed by atoms with Crippen molar-refractivity contribution in [3.05, 3.63) is 52.0 Å². The summed E-state index contributed by atoms with van der Waals surface area (Å²) in [6.07, 6.45) is 7.11. The van der Waals surface area contributed by atoms with Crippen molar-refractivity contribution in [3.8, 4) is 0 Å². The molecule has 2 aromatic rings. The van der Waals surface area contributed by atoms with Gasteiger partial charge in [0.25, 0.3) is 11.5 Å². The number of pyridine rings is 1. The van der Waals surface area contributed by atoms with E-state index < -0.39 is 0 Å². The zero-order valence-electron chi connectivity index (χ0n) is 14.9. The minimum atomic E-state index is -0.344. The molecule has 2 aromatic heterocycles. The van der Waals surface area contributed by atoms with Crippen LogP contribution in [0.2, 0.25) is 0 Å². The summed E-state index contributed by atoms with van der Waals surface area (Å²) in [5.41, 5.74) is 0.715. The van der Waals surface area contributed by atoms with Gasteiger partial charge in [0.05, 0.1) is 6.54 Å². The highest BCUT2D eigenvalue weighted by Crippen LogP contribution is 2.17. The second-order valence-electron chi connectivity index (χ2n) is 6.20. The van der Waals surface area contributed by atoms with Gasteiger partial charge in [-0.1, -0.05) is 0 Å². The minimum absolute atomic E-state index is 0. The topological polar surface area (TPSA) is 81.0 Å². The van der Waals surface area contributed by atoms with Gasteiger partial charge in [0.1, 0.15) is 11.4 Å². The smallest absolute Gasteiger partial charge is 0.263 e. The van der Waals surface area contributed by atoms with Gasteiger partial charge in [-0.15, -0.1) is 24.8 Å². The number of aryl methyl sites for hydroxylation is 2. The van der Waals surface area contributed by atoms with Gasteiger partial charge in [0.15, 0.2) is 0 Å². The number of rotatable bonds is 4. The van der Waals surface area contributed by atoms with Gasteiger partial charge in [-0.25, -0.2) is 4.98 Å². The molecule has 1 fully saturated rings. The van der Waals surface area contributed by atoms with Crippen molar-refractivity contribution in [2.75, 3.05) is 13.1 Å². The quantitative estimate of drug-likeness (QED) is 0.814. The number of aromatic nitrogens is 3. The van der Waals surface area contributed by atoms with Crippen LogP contribution in [0.4, 0.5) is 0 Å². The Hall–Kier alpha value is -1.83. The summed E-state index contributed by atoms with van der Waals surface area (Å²) in [7, 11) is 1.87. The molecule has 1 aliphatic rings. The lowest BCUT2D eigenvalue weighted by atomic mass is 10.0. The van der Waals surface area contributed by atoms with Crippen LogP contribution < -0.4 is 16.2 Å². The molecule has 0 saturated carbocycles. The third-order valence-electron chi connectivity index (χ3n) is 4.59. The highest BCUT2D eigenvalue weighted by Gasteiger charge is 2.21. The molecule has 1 aliphatic heterocycles. The second kappa shape index (κ2) is 9.75. The molecule has 7 nitrogen and oxygen atoms in total. The Morgan fingerprint density at radius 1 is 1.31 bits per heavy atom. The van der Waals surface area contributed by atoms with Crippen molar-refractivity contribution in [1.29, 1.82) is 0 Å². The summed E-state index contributed by atoms with van der Waals surface area (Å²) in [6, 6.07) is 2.00. The van der Waals surface area contributed by atoms with Gasteiger partial charge in [0.2, 0.25) is 0 Å². The number of piperidine rings is 1. The zero-order valence-corrected chi connectivity index (χ0v) is 16.5. The van der Waals surface area contributed by atoms with Crippen molar-refractivity contribution in [1.82, 2.24) is 24.8 Å². The van der Waals surface area contributed by atoms with Crippen molar-refractivity contribution in [3.63, 3.8) is 0 Å². The maximum absolute atomic E-state index is 12.8. The first kappa shape index (κ1) is 22.2. The molecule has 26 heavy (non-hydrogen) atoms. The Morgan fingerprint density at radius 2 is 2.00 bits per heavy atom. The first-order chi connectivity index (χ1) is 11.6. The van der Waals surface area contributed by atoms with E-state index in [-0.39, 0.29) is 47.9 Å². The molecule has 2 N–H and O–H groups in total. The average Bonchev–Trinajstić information content (AvgIpc) is 2.99. The summed E-state index contributed by atoms with van der Waals surface area (Å²) >= 11 is 0. The number of hydrogen-bond donors (Lipinski definition) is 2. The lowest BCUT2D eigenvalue weighted by Gasteiger charge is -2.25. The van der Waals surface area contributed by atoms with Gasteiger partial charge < -0.3 is 19.8 Å². The Bertz CT molecular complexity index is 797. The van der Waals surface area contributed by atoms with Crippen LogP contribution in [-0.2, 0) is 13.6 Å². The maximum atomic E-state index is 12.8. The second-order valence-corrected chi connectivity index (χ2v) is 6.20. The predicted molar refractivity (Wildman–Crippen MR) is 105 cm³/mol. The lowest BCUT2D eigenvalue weighted by Crippen LogP contribution is -2.38. The monoisotopic (exact) mass is 401 g/mol. The summed E-state index contributed by atoms with van der Waals surface area (Å²) in [4.78, 5) is 29.5. The number of carbonyl (C=O) groups is 1. The number of carbonyl (C=O) groups excluding carboxylic acids is 1. The highest BCUT2D eigenvalue weighted by molar-refractivity contribution is 5.95. The van der Waals surface area contributed by atoms with Crippen molar-refractivity contribution >= 4 is 30.7 Å². The summed E-state index contributed by atoms with van der Waals surface area (Å²) in [6.45, 7) is 3.88. The molecule has 0 bridgehead atoms. The summed E-state index contributed by atoms with van der Waals surface area (Å²) in [5.74, 6) is 0.402. The van der Waals surface area contributed by atoms with E-state index in [2.05, 4.69) is 15.6 Å². The van der Waals surface area contributed by atoms with Gasteiger partial charge in [-0.05, 0) is 44.5 Å². The molecule has 3 rings (SSSR count). The SMILES string of the molecule is Cc1ccn(C2CCNCC2)c(=O)c1C(=O)NCc1nccn1C.Cl.Cl. The van der Waals surface area contributed by atoms with Crippen molar-refractivity contribution in [2.45, 2.75) is 32.4 Å². The van der Waals surface area contributed by atoms with E-state index in [1.54, 1.807) is 17.7 Å². The van der Waals surface area contributed by atoms with E-state index >= 15 is 0 Å². The molecule has 9 heteroatoms. The molecule has 1 saturated heterocycles. The first-order valence-electron chi connectivity index (χ1n) is 8.25. The third kappa shape index (κ3) is 4.66. The van der Waals surface area contributed by atoms with E-state index in [1.807, 2.05) is 30.1 Å². The van der Waals surface area contributed by atoms with Crippen LogP contribution in [0.25, 0.3) is 0 Å². The van der Waals surface area contributed by atoms with Crippen molar-refractivity contribution < 1.29 is 4.79 Å². The molecule has 0 aliphatic carbocycles. The summed E-state index contributed by atoms with van der Waals surface area (Å²) in [5, 5.41) is 6.10. The minimum Gasteiger partial charge on any atom is -0.345 e. The van der Waals surface area contributed by atoms with Crippen LogP contribution in [0.5, 0.6) is 0 Å². The number of hydrogen-bond acceptors (Lipinski definition) is 4. The number of halogens is 2. The number of nitrogens with zero attached hydrogens (tertiary/aromatic N) is 3. The van der Waals surface area contributed by atoms with E-state index in [4.69, 9.17) is 0 Å². The van der Waals surface area contributed by atoms with Gasteiger partial charge >= 0.3 is 0 Å². The predicted octanol–water partition coefficient (Wildman–Crippen LogP) is 1.59. The Labute approximate surface area is 165 Å². The van der Waals surface area contributed by atoms with E-state index in [9.17, 15) is 9.59 Å². The molecular formula is C17H25Cl2N5O2. The van der Waals surface area contributed by atoms with Gasteiger partial charge in [-0.2, -0.15) is 0 Å². The lowest BCUT2D eigenvalue weighted by molar-refractivity contribution is 0.0946. The standard InChI is InChI=1S/C17H23N5O2.2ClH/c1-12-5-9-22(13-3-6-18-7-4-13)17(24)15(12)16(23)20-11-14-19-8-10-21(14)2;;/h5,8-10,13,18H,3-4,6-7,11H2,1-2H3,(H,20,23);2*1H. The van der Waals surface area contributed by atoms with E-state index in [0.717, 1.165) is 31.8 Å². The fourth-order valence-electron chi connectivity index (χ4n) is 3.10. The fourth-order valence-corrected chi connectivity index (χ4v) is 3.10. The van der Waals surface area contributed by atoms with Crippen LogP contribution in [-0.4, -0.2) is 33.1 Å².